The second kappa shape index (κ2) is 3.48. The Kier molecular flexibility index (Phi) is 2.42. The van der Waals surface area contributed by atoms with Gasteiger partial charge in [0.25, 0.3) is 0 Å². The zero-order chi connectivity index (χ0) is 11.1. The topological polar surface area (TPSA) is 12.0 Å². The number of nitrogens with one attached hydrogen (secondary N) is 1. The first kappa shape index (κ1) is 10.4. The molecule has 1 nitrogen and oxygen atoms in total. The van der Waals surface area contributed by atoms with Crippen LogP contribution in [0.1, 0.15) is 23.6 Å². The predicted molar refractivity (Wildman–Crippen MR) is 46.8 cm³/mol. The van der Waals surface area contributed by atoms with E-state index in [0.717, 1.165) is 24.7 Å². The van der Waals surface area contributed by atoms with Crippen LogP contribution in [0.15, 0.2) is 18.2 Å². The number of hydrogen-bond acceptors (Lipinski definition) is 1. The highest BCUT2D eigenvalue weighted by Gasteiger charge is 2.32. The van der Waals surface area contributed by atoms with E-state index in [1.165, 1.54) is 0 Å². The minimum Gasteiger partial charge on any atom is -0.310 e. The fraction of sp³-hybridized carbons (Fsp3) is 0.400. The van der Waals surface area contributed by atoms with E-state index in [1.807, 2.05) is 0 Å². The highest BCUT2D eigenvalue weighted by atomic mass is 19.4. The molecule has 1 atom stereocenters. The molecule has 1 unspecified atom stereocenters. The lowest BCUT2D eigenvalue weighted by atomic mass is 9.96. The normalized spacial score (nSPS) is 21.2. The fourth-order valence-electron chi connectivity index (χ4n) is 1.54. The van der Waals surface area contributed by atoms with E-state index >= 15 is 0 Å². The van der Waals surface area contributed by atoms with Crippen molar-refractivity contribution >= 4 is 0 Å². The molecule has 1 fully saturated rings. The first-order valence-corrected chi connectivity index (χ1v) is 4.58. The predicted octanol–water partition coefficient (Wildman–Crippen LogP) is 2.88. The standard InChI is InChI=1S/C10H9F4N/c11-8-2-1-6(10(12,13)14)5-7(8)9-3-4-15-9/h1-2,5,9,15H,3-4H2. The largest absolute Gasteiger partial charge is 0.416 e. The Balaban J connectivity index is 2.36. The molecule has 15 heavy (non-hydrogen) atoms. The maximum absolute atomic E-state index is 13.2. The van der Waals surface area contributed by atoms with E-state index in [-0.39, 0.29) is 11.6 Å². The molecule has 1 aliphatic heterocycles. The molecule has 0 radical (unpaired) electrons. The highest BCUT2D eigenvalue weighted by Crippen LogP contribution is 2.33. The van der Waals surface area contributed by atoms with Crippen LogP contribution in [0, 0.1) is 5.82 Å². The summed E-state index contributed by atoms with van der Waals surface area (Å²) in [7, 11) is 0. The van der Waals surface area contributed by atoms with Gasteiger partial charge in [0, 0.05) is 11.6 Å². The van der Waals surface area contributed by atoms with Gasteiger partial charge in [0.15, 0.2) is 0 Å². The van der Waals surface area contributed by atoms with Gasteiger partial charge >= 0.3 is 6.18 Å². The van der Waals surface area contributed by atoms with Crippen molar-refractivity contribution in [2.24, 2.45) is 0 Å². The summed E-state index contributed by atoms with van der Waals surface area (Å²) in [5.41, 5.74) is -0.691. The van der Waals surface area contributed by atoms with Crippen molar-refractivity contribution in [3.8, 4) is 0 Å². The van der Waals surface area contributed by atoms with E-state index < -0.39 is 17.6 Å². The van der Waals surface area contributed by atoms with Crippen molar-refractivity contribution < 1.29 is 17.6 Å². The Labute approximate surface area is 84.1 Å². The number of alkyl halides is 3. The SMILES string of the molecule is Fc1ccc(C(F)(F)F)cc1C1CCN1. The van der Waals surface area contributed by atoms with Gasteiger partial charge in [0.1, 0.15) is 5.82 Å². The van der Waals surface area contributed by atoms with E-state index in [0.29, 0.717) is 6.42 Å². The summed E-state index contributed by atoms with van der Waals surface area (Å²) in [5.74, 6) is -0.583. The van der Waals surface area contributed by atoms with Gasteiger partial charge in [-0.3, -0.25) is 0 Å². The second-order valence-corrected chi connectivity index (χ2v) is 3.53. The lowest BCUT2D eigenvalue weighted by molar-refractivity contribution is -0.137. The Hall–Kier alpha value is -1.10. The summed E-state index contributed by atoms with van der Waals surface area (Å²) < 4.78 is 50.2. The first-order valence-electron chi connectivity index (χ1n) is 4.58. The zero-order valence-electron chi connectivity index (χ0n) is 7.74. The minimum absolute atomic E-state index is 0.107. The summed E-state index contributed by atoms with van der Waals surface area (Å²) in [4.78, 5) is 0. The molecule has 1 N–H and O–H groups in total. The summed E-state index contributed by atoms with van der Waals surface area (Å²) >= 11 is 0. The maximum Gasteiger partial charge on any atom is 0.416 e. The van der Waals surface area contributed by atoms with Gasteiger partial charge in [-0.25, -0.2) is 4.39 Å². The van der Waals surface area contributed by atoms with Crippen LogP contribution in [0.4, 0.5) is 17.6 Å². The molecule has 1 saturated heterocycles. The van der Waals surface area contributed by atoms with Gasteiger partial charge in [-0.15, -0.1) is 0 Å². The van der Waals surface area contributed by atoms with Gasteiger partial charge in [-0.1, -0.05) is 0 Å². The van der Waals surface area contributed by atoms with Crippen molar-refractivity contribution in [1.82, 2.24) is 5.32 Å². The minimum atomic E-state index is -4.41. The molecule has 0 saturated carbocycles. The van der Waals surface area contributed by atoms with Crippen LogP contribution in [-0.2, 0) is 6.18 Å². The average Bonchev–Trinajstić information content (AvgIpc) is 2.03. The number of rotatable bonds is 1. The molecule has 0 aliphatic carbocycles. The second-order valence-electron chi connectivity index (χ2n) is 3.53. The van der Waals surface area contributed by atoms with Crippen molar-refractivity contribution in [1.29, 1.82) is 0 Å². The lowest BCUT2D eigenvalue weighted by Gasteiger charge is -2.28. The van der Waals surface area contributed by atoms with Crippen LogP contribution in [0.2, 0.25) is 0 Å². The number of halogens is 4. The average molecular weight is 219 g/mol. The van der Waals surface area contributed by atoms with Gasteiger partial charge < -0.3 is 5.32 Å². The molecular formula is C10H9F4N. The van der Waals surface area contributed by atoms with E-state index in [4.69, 9.17) is 0 Å². The van der Waals surface area contributed by atoms with Gasteiger partial charge in [-0.05, 0) is 31.2 Å². The van der Waals surface area contributed by atoms with Crippen molar-refractivity contribution in [3.05, 3.63) is 35.1 Å². The van der Waals surface area contributed by atoms with Crippen LogP contribution in [-0.4, -0.2) is 6.54 Å². The highest BCUT2D eigenvalue weighted by molar-refractivity contribution is 5.30. The third-order valence-electron chi connectivity index (χ3n) is 2.52. The number of benzene rings is 1. The third kappa shape index (κ3) is 1.97. The fourth-order valence-corrected chi connectivity index (χ4v) is 1.54. The zero-order valence-corrected chi connectivity index (χ0v) is 7.74. The summed E-state index contributed by atoms with van der Waals surface area (Å²) in [6.45, 7) is 0.723. The molecule has 1 aromatic carbocycles. The van der Waals surface area contributed by atoms with E-state index in [9.17, 15) is 17.6 Å². The lowest BCUT2D eigenvalue weighted by Crippen LogP contribution is -2.35. The monoisotopic (exact) mass is 219 g/mol. The number of hydrogen-bond donors (Lipinski definition) is 1. The molecule has 0 aromatic heterocycles. The molecule has 1 aromatic rings. The van der Waals surface area contributed by atoms with Gasteiger partial charge in [-0.2, -0.15) is 13.2 Å². The molecule has 1 aliphatic rings. The van der Waals surface area contributed by atoms with Crippen LogP contribution >= 0.6 is 0 Å². The van der Waals surface area contributed by atoms with E-state index in [2.05, 4.69) is 5.32 Å². The van der Waals surface area contributed by atoms with Crippen molar-refractivity contribution in [2.75, 3.05) is 6.54 Å². The maximum atomic E-state index is 13.2. The van der Waals surface area contributed by atoms with Gasteiger partial charge in [0.2, 0.25) is 0 Å². The summed E-state index contributed by atoms with van der Waals surface area (Å²) in [6.07, 6.45) is -3.73. The van der Waals surface area contributed by atoms with Crippen LogP contribution < -0.4 is 5.32 Å². The van der Waals surface area contributed by atoms with Crippen molar-refractivity contribution in [2.45, 2.75) is 18.6 Å². The summed E-state index contributed by atoms with van der Waals surface area (Å²) in [6, 6.07) is 2.24. The Morgan fingerprint density at radius 2 is 1.93 bits per heavy atom. The molecule has 0 spiro atoms. The molecule has 1 heterocycles. The molecule has 5 heteroatoms. The smallest absolute Gasteiger partial charge is 0.310 e. The Bertz CT molecular complexity index is 368. The van der Waals surface area contributed by atoms with Crippen molar-refractivity contribution in [3.63, 3.8) is 0 Å². The van der Waals surface area contributed by atoms with Crippen LogP contribution in [0.5, 0.6) is 0 Å². The van der Waals surface area contributed by atoms with Crippen LogP contribution in [0.3, 0.4) is 0 Å². The molecule has 0 bridgehead atoms. The summed E-state index contributed by atoms with van der Waals surface area (Å²) in [5, 5.41) is 2.87. The molecule has 2 rings (SSSR count). The Morgan fingerprint density at radius 1 is 1.27 bits per heavy atom. The third-order valence-corrected chi connectivity index (χ3v) is 2.52. The van der Waals surface area contributed by atoms with Gasteiger partial charge in [0.05, 0.1) is 5.56 Å². The molecule has 82 valence electrons. The quantitative estimate of drug-likeness (QED) is 0.716. The Morgan fingerprint density at radius 3 is 2.40 bits per heavy atom. The first-order chi connectivity index (χ1) is 6.98. The molecular weight excluding hydrogens is 210 g/mol. The van der Waals surface area contributed by atoms with Crippen LogP contribution in [0.25, 0.3) is 0 Å². The van der Waals surface area contributed by atoms with E-state index in [1.54, 1.807) is 0 Å². The molecule has 0 amide bonds.